The van der Waals surface area contributed by atoms with Crippen LogP contribution in [0.15, 0.2) is 0 Å². The van der Waals surface area contributed by atoms with Gasteiger partial charge in [-0.15, -0.1) is 0 Å². The minimum Gasteiger partial charge on any atom is -0.481 e. The Kier molecular flexibility index (Phi) is 22.6. The number of amides is 4. The van der Waals surface area contributed by atoms with Gasteiger partial charge >= 0.3 is 23.9 Å². The van der Waals surface area contributed by atoms with Gasteiger partial charge < -0.3 is 64.3 Å². The molecule has 0 aliphatic carbocycles. The second-order valence-electron chi connectivity index (χ2n) is 12.7. The molecule has 0 aromatic carbocycles. The van der Waals surface area contributed by atoms with Crippen molar-refractivity contribution in [3.63, 3.8) is 0 Å². The summed E-state index contributed by atoms with van der Waals surface area (Å²) < 4.78 is 44.2. The molecule has 1 aliphatic heterocycles. The Hall–Kier alpha value is -4.44. The van der Waals surface area contributed by atoms with Gasteiger partial charge in [0.05, 0.1) is 52.2 Å². The van der Waals surface area contributed by atoms with Crippen molar-refractivity contribution in [3.8, 4) is 0 Å². The minimum atomic E-state index is -1.55. The number of esters is 3. The molecule has 0 bridgehead atoms. The van der Waals surface area contributed by atoms with Gasteiger partial charge in [0.2, 0.25) is 23.6 Å². The van der Waals surface area contributed by atoms with Gasteiger partial charge in [-0.25, -0.2) is 0 Å². The number of carbonyl (C=O) groups is 8. The predicted octanol–water partition coefficient (Wildman–Crippen LogP) is -1.67. The number of rotatable bonds is 25. The normalized spacial score (nSPS) is 20.9. The molecule has 5 N–H and O–H groups in total. The highest BCUT2D eigenvalue weighted by Crippen LogP contribution is 2.29. The molecule has 8 atom stereocenters. The summed E-state index contributed by atoms with van der Waals surface area (Å²) in [6.45, 7) is 10.9. The molecule has 1 fully saturated rings. The number of nitrogens with one attached hydrogen (secondary N) is 4. The van der Waals surface area contributed by atoms with E-state index in [0.717, 1.165) is 27.7 Å². The fourth-order valence-corrected chi connectivity index (χ4v) is 5.15. The zero-order valence-electron chi connectivity index (χ0n) is 32.5. The van der Waals surface area contributed by atoms with Crippen LogP contribution in [0.4, 0.5) is 0 Å². The molecule has 0 unspecified atom stereocenters. The monoisotopic (exact) mass is 792 g/mol. The molecule has 55 heavy (non-hydrogen) atoms. The van der Waals surface area contributed by atoms with E-state index in [4.69, 9.17) is 43.0 Å². The molecule has 0 aromatic heterocycles. The lowest BCUT2D eigenvalue weighted by molar-refractivity contribution is -0.287. The van der Waals surface area contributed by atoms with Crippen LogP contribution >= 0.6 is 0 Å². The van der Waals surface area contributed by atoms with Crippen LogP contribution in [0.3, 0.4) is 0 Å². The van der Waals surface area contributed by atoms with Crippen LogP contribution in [0.25, 0.3) is 0 Å². The molecule has 0 aromatic rings. The molecule has 1 saturated heterocycles. The first-order chi connectivity index (χ1) is 25.8. The number of hydrogen-bond acceptors (Lipinski definition) is 16. The highest BCUT2D eigenvalue weighted by atomic mass is 16.7. The zero-order valence-corrected chi connectivity index (χ0v) is 32.5. The molecular formula is C34H56N4O17. The minimum absolute atomic E-state index is 0.0208. The van der Waals surface area contributed by atoms with Crippen molar-refractivity contribution >= 4 is 47.5 Å². The van der Waals surface area contributed by atoms with Gasteiger partial charge in [0, 0.05) is 41.2 Å². The van der Waals surface area contributed by atoms with Crippen molar-refractivity contribution in [3.05, 3.63) is 0 Å². The summed E-state index contributed by atoms with van der Waals surface area (Å²) in [4.78, 5) is 97.9. The summed E-state index contributed by atoms with van der Waals surface area (Å²) in [5.41, 5.74) is 0. The van der Waals surface area contributed by atoms with Crippen LogP contribution in [0.2, 0.25) is 0 Å². The lowest BCUT2D eigenvalue weighted by Crippen LogP contribution is -2.67. The third-order valence-corrected chi connectivity index (χ3v) is 7.53. The first-order valence-electron chi connectivity index (χ1n) is 17.7. The Morgan fingerprint density at radius 1 is 0.673 bits per heavy atom. The third-order valence-electron chi connectivity index (χ3n) is 7.53. The smallest absolute Gasteiger partial charge is 0.305 e. The zero-order chi connectivity index (χ0) is 41.7. The van der Waals surface area contributed by atoms with Crippen LogP contribution in [0.5, 0.6) is 0 Å². The highest BCUT2D eigenvalue weighted by Gasteiger charge is 2.52. The van der Waals surface area contributed by atoms with Crippen LogP contribution < -0.4 is 21.3 Å². The van der Waals surface area contributed by atoms with E-state index < -0.39 is 109 Å². The Labute approximate surface area is 319 Å². The standard InChI is InChI=1S/C34H56N4O17/c1-18(2)27(36-20(4)39)33(47)38-28(32(46)35-10-12-49-14-16-50-15-13-48-11-9-26(44)45)19(3)52-34-29(37-21(5)40)31(54-24(8)43)30(53-23(7)42)25(55-34)17-51-22(6)41/h18-19,25,27-31,34H,9-17H2,1-8H3,(H,35,46)(H,36,39)(H,37,40)(H,38,47)(H,44,45)/t19-,25-,27+,28+,29-,30+,31-,34+/m1/s1. The van der Waals surface area contributed by atoms with Crippen LogP contribution in [0.1, 0.15) is 61.8 Å². The summed E-state index contributed by atoms with van der Waals surface area (Å²) in [6, 6.07) is -3.86. The second kappa shape index (κ2) is 25.6. The Morgan fingerprint density at radius 3 is 1.75 bits per heavy atom. The van der Waals surface area contributed by atoms with Gasteiger partial charge in [0.1, 0.15) is 30.8 Å². The van der Waals surface area contributed by atoms with Crippen molar-refractivity contribution < 1.29 is 81.4 Å². The van der Waals surface area contributed by atoms with E-state index in [2.05, 4.69) is 21.3 Å². The molecule has 1 aliphatic rings. The van der Waals surface area contributed by atoms with Crippen molar-refractivity contribution in [2.24, 2.45) is 5.92 Å². The summed E-state index contributed by atoms with van der Waals surface area (Å²) in [6.07, 6.45) is -7.05. The Morgan fingerprint density at radius 2 is 1.24 bits per heavy atom. The van der Waals surface area contributed by atoms with E-state index in [-0.39, 0.29) is 52.6 Å². The number of hydrogen-bond donors (Lipinski definition) is 5. The average molecular weight is 793 g/mol. The van der Waals surface area contributed by atoms with Gasteiger partial charge in [-0.1, -0.05) is 13.8 Å². The molecule has 0 spiro atoms. The quantitative estimate of drug-likeness (QED) is 0.0393. The number of carboxylic acid groups (broad SMARTS) is 1. The van der Waals surface area contributed by atoms with Gasteiger partial charge in [-0.05, 0) is 12.8 Å². The fourth-order valence-electron chi connectivity index (χ4n) is 5.15. The molecule has 4 amide bonds. The molecule has 314 valence electrons. The second-order valence-corrected chi connectivity index (χ2v) is 12.7. The van der Waals surface area contributed by atoms with Crippen LogP contribution in [-0.4, -0.2) is 154 Å². The summed E-state index contributed by atoms with van der Waals surface area (Å²) in [5.74, 6) is -6.27. The molecular weight excluding hydrogens is 736 g/mol. The van der Waals surface area contributed by atoms with Gasteiger partial charge in [-0.2, -0.15) is 0 Å². The molecule has 1 rings (SSSR count). The van der Waals surface area contributed by atoms with E-state index in [1.165, 1.54) is 13.8 Å². The molecule has 21 heteroatoms. The number of aliphatic carboxylic acids is 1. The van der Waals surface area contributed by atoms with E-state index in [0.29, 0.717) is 0 Å². The number of ether oxygens (including phenoxy) is 8. The lowest BCUT2D eigenvalue weighted by atomic mass is 9.95. The maximum atomic E-state index is 13.6. The van der Waals surface area contributed by atoms with Gasteiger partial charge in [0.15, 0.2) is 18.5 Å². The maximum absolute atomic E-state index is 13.6. The number of carboxylic acids is 1. The molecule has 21 nitrogen and oxygen atoms in total. The average Bonchev–Trinajstić information content (AvgIpc) is 3.07. The van der Waals surface area contributed by atoms with E-state index >= 15 is 0 Å². The van der Waals surface area contributed by atoms with Crippen molar-refractivity contribution in [1.29, 1.82) is 0 Å². The summed E-state index contributed by atoms with van der Waals surface area (Å²) in [5, 5.41) is 19.0. The van der Waals surface area contributed by atoms with Crippen molar-refractivity contribution in [1.82, 2.24) is 21.3 Å². The molecule has 0 saturated carbocycles. The Bertz CT molecular complexity index is 1300. The van der Waals surface area contributed by atoms with E-state index in [9.17, 15) is 38.4 Å². The van der Waals surface area contributed by atoms with Crippen molar-refractivity contribution in [2.45, 2.75) is 111 Å². The van der Waals surface area contributed by atoms with Gasteiger partial charge in [0.25, 0.3) is 0 Å². The summed E-state index contributed by atoms with van der Waals surface area (Å²) in [7, 11) is 0. The van der Waals surface area contributed by atoms with E-state index in [1.807, 2.05) is 0 Å². The largest absolute Gasteiger partial charge is 0.481 e. The Balaban J connectivity index is 3.24. The maximum Gasteiger partial charge on any atom is 0.305 e. The van der Waals surface area contributed by atoms with Gasteiger partial charge in [-0.3, -0.25) is 38.4 Å². The van der Waals surface area contributed by atoms with Crippen LogP contribution in [-0.2, 0) is 76.3 Å². The fraction of sp³-hybridized carbons (Fsp3) is 0.765. The van der Waals surface area contributed by atoms with E-state index in [1.54, 1.807) is 13.8 Å². The molecule has 0 radical (unpaired) electrons. The predicted molar refractivity (Wildman–Crippen MR) is 187 cm³/mol. The van der Waals surface area contributed by atoms with Crippen LogP contribution in [0, 0.1) is 5.92 Å². The number of carbonyl (C=O) groups excluding carboxylic acids is 7. The topological polar surface area (TPSA) is 279 Å². The summed E-state index contributed by atoms with van der Waals surface area (Å²) >= 11 is 0. The molecule has 1 heterocycles. The third kappa shape index (κ3) is 19.6. The lowest BCUT2D eigenvalue weighted by Gasteiger charge is -2.46. The first-order valence-corrected chi connectivity index (χ1v) is 17.7. The SMILES string of the molecule is CC(=O)N[C@H]1[C@@H](O[C@H](C)[C@H](NC(=O)[C@@H](NC(C)=O)C(C)C)C(=O)NCCOCCOCCOCCC(=O)O)O[C@H](COC(C)=O)[C@H](OC(C)=O)[C@@H]1OC(C)=O. The van der Waals surface area contributed by atoms with Crippen molar-refractivity contribution in [2.75, 3.05) is 52.8 Å². The highest BCUT2D eigenvalue weighted by molar-refractivity contribution is 5.92. The first kappa shape index (κ1) is 48.6.